The second kappa shape index (κ2) is 5.43. The number of methoxy groups -OCH3 is 1. The molecule has 0 aliphatic carbocycles. The summed E-state index contributed by atoms with van der Waals surface area (Å²) in [6.07, 6.45) is 1.05. The molecular formula is C10H15N3O2. The fraction of sp³-hybridized carbons (Fsp3) is 0.400. The molecule has 5 heteroatoms. The van der Waals surface area contributed by atoms with Crippen LogP contribution in [0.25, 0.3) is 0 Å². The van der Waals surface area contributed by atoms with E-state index in [4.69, 9.17) is 10.5 Å². The Morgan fingerprint density at radius 1 is 1.73 bits per heavy atom. The third-order valence-electron chi connectivity index (χ3n) is 2.06. The van der Waals surface area contributed by atoms with E-state index in [0.717, 1.165) is 5.69 Å². The number of hydrogen-bond acceptors (Lipinski definition) is 4. The molecule has 1 amide bonds. The zero-order valence-corrected chi connectivity index (χ0v) is 8.86. The number of aryl methyl sites for hydroxylation is 1. The summed E-state index contributed by atoms with van der Waals surface area (Å²) in [6, 6.07) is 3.54. The second-order valence-corrected chi connectivity index (χ2v) is 3.09. The number of ether oxygens (including phenoxy) is 1. The predicted octanol–water partition coefficient (Wildman–Crippen LogP) is 0.302. The van der Waals surface area contributed by atoms with Crippen LogP contribution in [0.3, 0.4) is 0 Å². The van der Waals surface area contributed by atoms with E-state index in [1.165, 1.54) is 7.11 Å². The van der Waals surface area contributed by atoms with Gasteiger partial charge in [-0.1, -0.05) is 0 Å². The molecule has 0 saturated carbocycles. The number of carbonyl (C=O) groups excluding carboxylic acids is 1. The second-order valence-electron chi connectivity index (χ2n) is 3.09. The first-order valence-electron chi connectivity index (χ1n) is 4.64. The van der Waals surface area contributed by atoms with Crippen molar-refractivity contribution in [3.63, 3.8) is 0 Å². The molecule has 1 rings (SSSR count). The summed E-state index contributed by atoms with van der Waals surface area (Å²) in [5.74, 6) is -0.254. The lowest BCUT2D eigenvalue weighted by molar-refractivity contribution is -0.125. The summed E-state index contributed by atoms with van der Waals surface area (Å²) >= 11 is 0. The highest BCUT2D eigenvalue weighted by Gasteiger charge is 2.16. The minimum absolute atomic E-state index is 0.154. The predicted molar refractivity (Wildman–Crippen MR) is 57.5 cm³/mol. The van der Waals surface area contributed by atoms with E-state index in [0.29, 0.717) is 5.69 Å². The zero-order valence-electron chi connectivity index (χ0n) is 8.86. The van der Waals surface area contributed by atoms with Gasteiger partial charge in [0.25, 0.3) is 5.91 Å². The van der Waals surface area contributed by atoms with Crippen molar-refractivity contribution in [2.24, 2.45) is 5.73 Å². The van der Waals surface area contributed by atoms with Crippen molar-refractivity contribution < 1.29 is 9.53 Å². The number of amides is 1. The maximum Gasteiger partial charge on any atom is 0.254 e. The van der Waals surface area contributed by atoms with Crippen molar-refractivity contribution in [1.82, 2.24) is 4.98 Å². The monoisotopic (exact) mass is 209 g/mol. The molecule has 0 aromatic carbocycles. The number of pyridine rings is 1. The molecule has 3 N–H and O–H groups in total. The number of aromatic nitrogens is 1. The fourth-order valence-electron chi connectivity index (χ4n) is 1.14. The van der Waals surface area contributed by atoms with Crippen molar-refractivity contribution in [1.29, 1.82) is 0 Å². The maximum atomic E-state index is 11.6. The average molecular weight is 209 g/mol. The summed E-state index contributed by atoms with van der Waals surface area (Å²) in [6.45, 7) is 1.97. The van der Waals surface area contributed by atoms with Crippen LogP contribution in [0.5, 0.6) is 0 Å². The summed E-state index contributed by atoms with van der Waals surface area (Å²) in [5, 5.41) is 2.71. The fourth-order valence-corrected chi connectivity index (χ4v) is 1.14. The van der Waals surface area contributed by atoms with Crippen LogP contribution >= 0.6 is 0 Å². The Balaban J connectivity index is 2.70. The van der Waals surface area contributed by atoms with Crippen LogP contribution < -0.4 is 11.1 Å². The van der Waals surface area contributed by atoms with Gasteiger partial charge in [0.05, 0.1) is 11.4 Å². The molecule has 0 radical (unpaired) electrons. The quantitative estimate of drug-likeness (QED) is 0.747. The van der Waals surface area contributed by atoms with Crippen LogP contribution in [0, 0.1) is 6.92 Å². The van der Waals surface area contributed by atoms with Crippen molar-refractivity contribution in [3.05, 3.63) is 24.0 Å². The van der Waals surface area contributed by atoms with Crippen LogP contribution in [-0.2, 0) is 9.53 Å². The molecule has 5 nitrogen and oxygen atoms in total. The average Bonchev–Trinajstić information content (AvgIpc) is 2.23. The van der Waals surface area contributed by atoms with Crippen LogP contribution in [-0.4, -0.2) is 30.6 Å². The Labute approximate surface area is 88.6 Å². The molecule has 1 atom stereocenters. The molecule has 0 saturated heterocycles. The molecule has 15 heavy (non-hydrogen) atoms. The minimum atomic E-state index is -0.621. The van der Waals surface area contributed by atoms with Gasteiger partial charge in [0, 0.05) is 19.9 Å². The van der Waals surface area contributed by atoms with E-state index < -0.39 is 6.10 Å². The smallest absolute Gasteiger partial charge is 0.254 e. The lowest BCUT2D eigenvalue weighted by Gasteiger charge is -2.13. The van der Waals surface area contributed by atoms with E-state index >= 15 is 0 Å². The van der Waals surface area contributed by atoms with E-state index in [9.17, 15) is 4.79 Å². The summed E-state index contributed by atoms with van der Waals surface area (Å²) in [5.41, 5.74) is 6.81. The van der Waals surface area contributed by atoms with E-state index in [1.807, 2.05) is 6.92 Å². The number of nitrogens with zero attached hydrogens (tertiary/aromatic N) is 1. The van der Waals surface area contributed by atoms with E-state index in [1.54, 1.807) is 18.3 Å². The van der Waals surface area contributed by atoms with Crippen molar-refractivity contribution in [2.75, 3.05) is 19.0 Å². The summed E-state index contributed by atoms with van der Waals surface area (Å²) in [4.78, 5) is 15.6. The first-order valence-corrected chi connectivity index (χ1v) is 4.64. The number of anilines is 1. The van der Waals surface area contributed by atoms with Crippen LogP contribution in [0.2, 0.25) is 0 Å². The Hall–Kier alpha value is -1.46. The maximum absolute atomic E-state index is 11.6. The van der Waals surface area contributed by atoms with Gasteiger partial charge in [-0.2, -0.15) is 0 Å². The summed E-state index contributed by atoms with van der Waals surface area (Å²) < 4.78 is 4.92. The number of rotatable bonds is 4. The molecule has 0 fully saturated rings. The first-order chi connectivity index (χ1) is 7.19. The van der Waals surface area contributed by atoms with Crippen molar-refractivity contribution in [3.8, 4) is 0 Å². The molecule has 1 unspecified atom stereocenters. The highest BCUT2D eigenvalue weighted by molar-refractivity contribution is 5.94. The number of nitrogens with two attached hydrogens (primary N) is 1. The van der Waals surface area contributed by atoms with Gasteiger partial charge in [-0.25, -0.2) is 0 Å². The highest BCUT2D eigenvalue weighted by atomic mass is 16.5. The standard InChI is InChI=1S/C10H15N3O2/c1-7-8(4-3-5-12-7)13-10(14)9(6-11)15-2/h3-5,9H,6,11H2,1-2H3,(H,13,14). The van der Waals surface area contributed by atoms with Crippen LogP contribution in [0.4, 0.5) is 5.69 Å². The lowest BCUT2D eigenvalue weighted by Crippen LogP contribution is -2.36. The highest BCUT2D eigenvalue weighted by Crippen LogP contribution is 2.10. The third kappa shape index (κ3) is 3.00. The molecule has 1 aromatic heterocycles. The van der Waals surface area contributed by atoms with E-state index in [2.05, 4.69) is 10.3 Å². The van der Waals surface area contributed by atoms with Crippen molar-refractivity contribution >= 4 is 11.6 Å². The van der Waals surface area contributed by atoms with Gasteiger partial charge in [0.2, 0.25) is 0 Å². The SMILES string of the molecule is COC(CN)C(=O)Nc1cccnc1C. The van der Waals surface area contributed by atoms with Crippen LogP contribution in [0.1, 0.15) is 5.69 Å². The normalized spacial score (nSPS) is 12.2. The van der Waals surface area contributed by atoms with Gasteiger partial charge in [0.1, 0.15) is 6.10 Å². The molecule has 0 aliphatic heterocycles. The van der Waals surface area contributed by atoms with Gasteiger partial charge < -0.3 is 15.8 Å². The topological polar surface area (TPSA) is 77.2 Å². The minimum Gasteiger partial charge on any atom is -0.370 e. The number of nitrogens with one attached hydrogen (secondary N) is 1. The first kappa shape index (κ1) is 11.6. The van der Waals surface area contributed by atoms with Gasteiger partial charge in [-0.15, -0.1) is 0 Å². The molecule has 82 valence electrons. The number of hydrogen-bond donors (Lipinski definition) is 2. The van der Waals surface area contributed by atoms with Gasteiger partial charge in [-0.3, -0.25) is 9.78 Å². The Kier molecular flexibility index (Phi) is 4.20. The van der Waals surface area contributed by atoms with Crippen LogP contribution in [0.15, 0.2) is 18.3 Å². The molecular weight excluding hydrogens is 194 g/mol. The Morgan fingerprint density at radius 3 is 3.00 bits per heavy atom. The van der Waals surface area contributed by atoms with Crippen molar-refractivity contribution in [2.45, 2.75) is 13.0 Å². The van der Waals surface area contributed by atoms with Gasteiger partial charge in [0.15, 0.2) is 0 Å². The lowest BCUT2D eigenvalue weighted by atomic mass is 10.2. The molecule has 0 aliphatic rings. The Bertz CT molecular complexity index is 337. The zero-order chi connectivity index (χ0) is 11.3. The van der Waals surface area contributed by atoms with Gasteiger partial charge in [-0.05, 0) is 19.1 Å². The molecule has 1 aromatic rings. The largest absolute Gasteiger partial charge is 0.370 e. The molecule has 0 bridgehead atoms. The van der Waals surface area contributed by atoms with E-state index in [-0.39, 0.29) is 12.5 Å². The summed E-state index contributed by atoms with van der Waals surface area (Å²) in [7, 11) is 1.45. The third-order valence-corrected chi connectivity index (χ3v) is 2.06. The van der Waals surface area contributed by atoms with Gasteiger partial charge >= 0.3 is 0 Å². The number of carbonyl (C=O) groups is 1. The molecule has 0 spiro atoms. The Morgan fingerprint density at radius 2 is 2.47 bits per heavy atom. The molecule has 1 heterocycles.